The lowest BCUT2D eigenvalue weighted by Gasteiger charge is -1.89. The van der Waals surface area contributed by atoms with Crippen molar-refractivity contribution in [2.75, 3.05) is 7.11 Å². The lowest BCUT2D eigenvalue weighted by atomic mass is 10.5. The first-order chi connectivity index (χ1) is 5.72. The third-order valence-corrected chi connectivity index (χ3v) is 1.70. The molecule has 0 unspecified atom stereocenters. The van der Waals surface area contributed by atoms with E-state index in [0.717, 1.165) is 10.3 Å². The highest BCUT2D eigenvalue weighted by Crippen LogP contribution is 2.06. The SMILES string of the molecule is COC=O.Cc1nccnc1Br. The van der Waals surface area contributed by atoms with Crippen LogP contribution in [-0.4, -0.2) is 23.5 Å². The summed E-state index contributed by atoms with van der Waals surface area (Å²) in [5.41, 5.74) is 0.924. The van der Waals surface area contributed by atoms with Crippen LogP contribution < -0.4 is 0 Å². The number of methoxy groups -OCH3 is 1. The van der Waals surface area contributed by atoms with E-state index in [0.29, 0.717) is 6.47 Å². The van der Waals surface area contributed by atoms with Crippen LogP contribution >= 0.6 is 15.9 Å². The van der Waals surface area contributed by atoms with Gasteiger partial charge in [-0.25, -0.2) is 4.98 Å². The lowest BCUT2D eigenvalue weighted by molar-refractivity contribution is -0.126. The molecule has 0 aliphatic rings. The Morgan fingerprint density at radius 2 is 2.00 bits per heavy atom. The number of aryl methyl sites for hydroxylation is 1. The van der Waals surface area contributed by atoms with E-state index >= 15 is 0 Å². The van der Waals surface area contributed by atoms with Crippen molar-refractivity contribution in [2.45, 2.75) is 6.92 Å². The van der Waals surface area contributed by atoms with Crippen LogP contribution in [0.5, 0.6) is 0 Å². The van der Waals surface area contributed by atoms with Gasteiger partial charge in [0.15, 0.2) is 0 Å². The predicted octanol–water partition coefficient (Wildman–Crippen LogP) is 1.34. The summed E-state index contributed by atoms with van der Waals surface area (Å²) in [6.07, 6.45) is 3.32. The van der Waals surface area contributed by atoms with Crippen LogP contribution in [0.3, 0.4) is 0 Å². The molecule has 0 saturated heterocycles. The van der Waals surface area contributed by atoms with Crippen molar-refractivity contribution >= 4 is 22.4 Å². The summed E-state index contributed by atoms with van der Waals surface area (Å²) < 4.78 is 4.68. The number of carbonyl (C=O) groups is 1. The molecule has 1 aromatic heterocycles. The summed E-state index contributed by atoms with van der Waals surface area (Å²) in [6, 6.07) is 0. The highest BCUT2D eigenvalue weighted by molar-refractivity contribution is 9.10. The highest BCUT2D eigenvalue weighted by atomic mass is 79.9. The Balaban J connectivity index is 0.000000261. The summed E-state index contributed by atoms with van der Waals surface area (Å²) in [4.78, 5) is 16.9. The zero-order valence-corrected chi connectivity index (χ0v) is 8.41. The molecule has 4 nitrogen and oxygen atoms in total. The minimum absolute atomic E-state index is 0.375. The topological polar surface area (TPSA) is 52.1 Å². The zero-order chi connectivity index (χ0) is 9.40. The second-order valence-corrected chi connectivity index (χ2v) is 2.52. The van der Waals surface area contributed by atoms with Gasteiger partial charge < -0.3 is 4.74 Å². The van der Waals surface area contributed by atoms with Gasteiger partial charge in [0.05, 0.1) is 12.8 Å². The number of hydrogen-bond acceptors (Lipinski definition) is 4. The molecule has 66 valence electrons. The third-order valence-electron chi connectivity index (χ3n) is 0.918. The molecule has 0 amide bonds. The number of hydrogen-bond donors (Lipinski definition) is 0. The molecule has 0 spiro atoms. The first-order valence-corrected chi connectivity index (χ1v) is 3.91. The number of carbonyl (C=O) groups excluding carboxylic acids is 1. The van der Waals surface area contributed by atoms with Crippen LogP contribution in [0.2, 0.25) is 0 Å². The van der Waals surface area contributed by atoms with Crippen molar-refractivity contribution in [3.05, 3.63) is 22.7 Å². The Hall–Kier alpha value is -0.970. The Morgan fingerprint density at radius 3 is 2.25 bits per heavy atom. The second-order valence-electron chi connectivity index (χ2n) is 1.76. The van der Waals surface area contributed by atoms with E-state index in [1.807, 2.05) is 6.92 Å². The molecular weight excluding hydrogens is 224 g/mol. The Kier molecular flexibility index (Phi) is 6.18. The number of rotatable bonds is 1. The molecule has 0 atom stereocenters. The molecule has 0 aromatic carbocycles. The van der Waals surface area contributed by atoms with Crippen LogP contribution in [0.4, 0.5) is 0 Å². The summed E-state index contributed by atoms with van der Waals surface area (Å²) in [5, 5.41) is 0. The van der Waals surface area contributed by atoms with Crippen LogP contribution in [-0.2, 0) is 9.53 Å². The van der Waals surface area contributed by atoms with Crippen LogP contribution in [0, 0.1) is 6.92 Å². The fourth-order valence-corrected chi connectivity index (χ4v) is 0.611. The minimum Gasteiger partial charge on any atom is -0.471 e. The van der Waals surface area contributed by atoms with Crippen molar-refractivity contribution in [3.8, 4) is 0 Å². The van der Waals surface area contributed by atoms with E-state index in [-0.39, 0.29) is 0 Å². The maximum atomic E-state index is 8.95. The second kappa shape index (κ2) is 6.72. The first-order valence-electron chi connectivity index (χ1n) is 3.12. The van der Waals surface area contributed by atoms with E-state index in [1.165, 1.54) is 7.11 Å². The smallest absolute Gasteiger partial charge is 0.292 e. The van der Waals surface area contributed by atoms with Crippen molar-refractivity contribution in [3.63, 3.8) is 0 Å². The number of ether oxygens (including phenoxy) is 1. The Morgan fingerprint density at radius 1 is 1.50 bits per heavy atom. The van der Waals surface area contributed by atoms with Gasteiger partial charge in [-0.3, -0.25) is 9.78 Å². The molecule has 1 heterocycles. The normalized spacial score (nSPS) is 7.92. The van der Waals surface area contributed by atoms with Crippen molar-refractivity contribution in [1.82, 2.24) is 9.97 Å². The molecule has 0 radical (unpaired) electrons. The molecule has 0 fully saturated rings. The summed E-state index contributed by atoms with van der Waals surface area (Å²) in [7, 11) is 1.31. The minimum atomic E-state index is 0.375. The van der Waals surface area contributed by atoms with Crippen LogP contribution in [0.25, 0.3) is 0 Å². The molecule has 0 aliphatic carbocycles. The predicted molar refractivity (Wildman–Crippen MR) is 47.5 cm³/mol. The van der Waals surface area contributed by atoms with E-state index < -0.39 is 0 Å². The zero-order valence-electron chi connectivity index (χ0n) is 6.82. The van der Waals surface area contributed by atoms with E-state index in [1.54, 1.807) is 12.4 Å². The lowest BCUT2D eigenvalue weighted by Crippen LogP contribution is -1.82. The summed E-state index contributed by atoms with van der Waals surface area (Å²) >= 11 is 3.22. The number of nitrogens with zero attached hydrogens (tertiary/aromatic N) is 2. The highest BCUT2D eigenvalue weighted by Gasteiger charge is 1.89. The fraction of sp³-hybridized carbons (Fsp3) is 0.286. The molecule has 1 rings (SSSR count). The molecule has 0 saturated carbocycles. The van der Waals surface area contributed by atoms with Gasteiger partial charge >= 0.3 is 0 Å². The maximum absolute atomic E-state index is 8.95. The largest absolute Gasteiger partial charge is 0.471 e. The first kappa shape index (κ1) is 11.0. The van der Waals surface area contributed by atoms with Gasteiger partial charge in [0.25, 0.3) is 6.47 Å². The van der Waals surface area contributed by atoms with E-state index in [2.05, 4.69) is 30.6 Å². The average Bonchev–Trinajstić information content (AvgIpc) is 2.11. The molecule has 12 heavy (non-hydrogen) atoms. The molecular formula is C7H9BrN2O2. The van der Waals surface area contributed by atoms with Gasteiger partial charge in [0.2, 0.25) is 0 Å². The fourth-order valence-electron chi connectivity index (χ4n) is 0.391. The Bertz CT molecular complexity index is 222. The van der Waals surface area contributed by atoms with Gasteiger partial charge in [0, 0.05) is 12.4 Å². The maximum Gasteiger partial charge on any atom is 0.292 e. The van der Waals surface area contributed by atoms with E-state index in [9.17, 15) is 0 Å². The molecule has 0 bridgehead atoms. The monoisotopic (exact) mass is 232 g/mol. The molecule has 5 heteroatoms. The number of aromatic nitrogens is 2. The van der Waals surface area contributed by atoms with E-state index in [4.69, 9.17) is 4.79 Å². The van der Waals surface area contributed by atoms with Crippen molar-refractivity contribution in [1.29, 1.82) is 0 Å². The molecule has 1 aromatic rings. The average molecular weight is 233 g/mol. The van der Waals surface area contributed by atoms with Gasteiger partial charge in [-0.05, 0) is 22.9 Å². The van der Waals surface area contributed by atoms with Gasteiger partial charge in [0.1, 0.15) is 4.60 Å². The molecule has 0 N–H and O–H groups in total. The van der Waals surface area contributed by atoms with Crippen molar-refractivity contribution in [2.24, 2.45) is 0 Å². The van der Waals surface area contributed by atoms with Crippen molar-refractivity contribution < 1.29 is 9.53 Å². The van der Waals surface area contributed by atoms with Crippen LogP contribution in [0.15, 0.2) is 17.0 Å². The van der Waals surface area contributed by atoms with Gasteiger partial charge in [-0.1, -0.05) is 0 Å². The van der Waals surface area contributed by atoms with Gasteiger partial charge in [-0.15, -0.1) is 0 Å². The standard InChI is InChI=1S/C5H5BrN2.C2H4O2/c1-4-5(6)8-3-2-7-4;1-4-2-3/h2-3H,1H3;2H,1H3. The number of halogens is 1. The third kappa shape index (κ3) is 4.79. The summed E-state index contributed by atoms with van der Waals surface area (Å²) in [5.74, 6) is 0. The summed E-state index contributed by atoms with van der Waals surface area (Å²) in [6.45, 7) is 2.27. The molecule has 0 aliphatic heterocycles. The van der Waals surface area contributed by atoms with Crippen LogP contribution in [0.1, 0.15) is 5.69 Å². The van der Waals surface area contributed by atoms with Gasteiger partial charge in [-0.2, -0.15) is 0 Å². The Labute approximate surface area is 79.1 Å². The quantitative estimate of drug-likeness (QED) is 0.686.